The van der Waals surface area contributed by atoms with E-state index in [1.165, 1.54) is 0 Å². The summed E-state index contributed by atoms with van der Waals surface area (Å²) in [7, 11) is 0. The van der Waals surface area contributed by atoms with Gasteiger partial charge in [-0.15, -0.1) is 0 Å². The van der Waals surface area contributed by atoms with Crippen molar-refractivity contribution in [3.05, 3.63) is 0 Å². The lowest BCUT2D eigenvalue weighted by atomic mass is 10.1. The van der Waals surface area contributed by atoms with Crippen LogP contribution in [0.5, 0.6) is 0 Å². The molecule has 0 aliphatic carbocycles. The molecule has 1 aliphatic rings. The van der Waals surface area contributed by atoms with Crippen LogP contribution in [-0.4, -0.2) is 46.8 Å². The molecule has 0 radical (unpaired) electrons. The Labute approximate surface area is 94.8 Å². The van der Waals surface area contributed by atoms with Gasteiger partial charge in [0, 0.05) is 11.8 Å². The Morgan fingerprint density at radius 1 is 1.60 bits per heavy atom. The molecule has 86 valence electrons. The predicted molar refractivity (Wildman–Crippen MR) is 61.8 cm³/mol. The van der Waals surface area contributed by atoms with Crippen LogP contribution in [0.2, 0.25) is 0 Å². The van der Waals surface area contributed by atoms with E-state index in [1.54, 1.807) is 23.6 Å². The van der Waals surface area contributed by atoms with Crippen molar-refractivity contribution in [1.82, 2.24) is 10.2 Å². The second-order valence-electron chi connectivity index (χ2n) is 3.70. The van der Waals surface area contributed by atoms with Gasteiger partial charge in [-0.2, -0.15) is 11.8 Å². The summed E-state index contributed by atoms with van der Waals surface area (Å²) in [5.41, 5.74) is 0. The van der Waals surface area contributed by atoms with Gasteiger partial charge in [0.25, 0.3) is 0 Å². The van der Waals surface area contributed by atoms with E-state index in [0.717, 1.165) is 11.5 Å². The first-order valence-electron chi connectivity index (χ1n) is 5.24. The van der Waals surface area contributed by atoms with E-state index in [1.807, 2.05) is 6.92 Å². The average molecular weight is 230 g/mol. The van der Waals surface area contributed by atoms with Crippen LogP contribution >= 0.6 is 11.8 Å². The van der Waals surface area contributed by atoms with Gasteiger partial charge in [0.15, 0.2) is 0 Å². The highest BCUT2D eigenvalue weighted by Gasteiger charge is 2.33. The lowest BCUT2D eigenvalue weighted by Crippen LogP contribution is -2.60. The van der Waals surface area contributed by atoms with Crippen molar-refractivity contribution in [2.45, 2.75) is 32.9 Å². The third-order valence-electron chi connectivity index (χ3n) is 2.54. The number of carbonyl (C=O) groups excluding carboxylic acids is 2. The normalized spacial score (nSPS) is 23.9. The average Bonchev–Trinajstić information content (AvgIpc) is 2.21. The first-order valence-corrected chi connectivity index (χ1v) is 6.40. The highest BCUT2D eigenvalue weighted by molar-refractivity contribution is 7.99. The van der Waals surface area contributed by atoms with Crippen molar-refractivity contribution in [3.63, 3.8) is 0 Å². The summed E-state index contributed by atoms with van der Waals surface area (Å²) in [6.07, 6.45) is 0. The maximum atomic E-state index is 11.7. The number of thioether (sulfide) groups is 1. The number of rotatable bonds is 4. The molecular weight excluding hydrogens is 212 g/mol. The molecular formula is C10H18N2O2S. The zero-order valence-electron chi connectivity index (χ0n) is 9.45. The van der Waals surface area contributed by atoms with Crippen molar-refractivity contribution in [2.24, 2.45) is 0 Å². The third kappa shape index (κ3) is 2.87. The maximum absolute atomic E-state index is 11.7. The molecule has 1 aliphatic heterocycles. The van der Waals surface area contributed by atoms with Gasteiger partial charge in [-0.05, 0) is 19.6 Å². The molecule has 15 heavy (non-hydrogen) atoms. The lowest BCUT2D eigenvalue weighted by Gasteiger charge is -2.37. The van der Waals surface area contributed by atoms with Crippen LogP contribution in [0.25, 0.3) is 0 Å². The van der Waals surface area contributed by atoms with E-state index in [0.29, 0.717) is 0 Å². The van der Waals surface area contributed by atoms with Crippen molar-refractivity contribution in [1.29, 1.82) is 0 Å². The number of amides is 2. The molecule has 0 bridgehead atoms. The van der Waals surface area contributed by atoms with Crippen LogP contribution in [0, 0.1) is 0 Å². The van der Waals surface area contributed by atoms with Crippen LogP contribution in [0.4, 0.5) is 0 Å². The van der Waals surface area contributed by atoms with Crippen LogP contribution in [0.15, 0.2) is 0 Å². The molecule has 1 N–H and O–H groups in total. The zero-order valence-corrected chi connectivity index (χ0v) is 10.3. The molecule has 1 fully saturated rings. The molecule has 0 aromatic carbocycles. The second-order valence-corrected chi connectivity index (χ2v) is 5.02. The fraction of sp³-hybridized carbons (Fsp3) is 0.800. The molecule has 2 unspecified atom stereocenters. The van der Waals surface area contributed by atoms with Crippen molar-refractivity contribution in [2.75, 3.05) is 18.1 Å². The molecule has 5 heteroatoms. The van der Waals surface area contributed by atoms with Crippen LogP contribution in [0.1, 0.15) is 20.8 Å². The lowest BCUT2D eigenvalue weighted by molar-refractivity contribution is -0.146. The van der Waals surface area contributed by atoms with Gasteiger partial charge < -0.3 is 10.2 Å². The monoisotopic (exact) mass is 230 g/mol. The smallest absolute Gasteiger partial charge is 0.242 e. The van der Waals surface area contributed by atoms with Crippen LogP contribution in [0.3, 0.4) is 0 Å². The van der Waals surface area contributed by atoms with E-state index >= 15 is 0 Å². The molecule has 0 aromatic rings. The van der Waals surface area contributed by atoms with Crippen LogP contribution in [-0.2, 0) is 9.59 Å². The second kappa shape index (κ2) is 5.39. The fourth-order valence-corrected chi connectivity index (χ4v) is 2.48. The Balaban J connectivity index is 2.63. The Bertz CT molecular complexity index is 258. The molecule has 1 heterocycles. The van der Waals surface area contributed by atoms with Gasteiger partial charge in [-0.3, -0.25) is 9.59 Å². The number of hydrogen-bond donors (Lipinski definition) is 1. The molecule has 2 amide bonds. The highest BCUT2D eigenvalue weighted by atomic mass is 32.2. The molecule has 1 saturated heterocycles. The molecule has 2 atom stereocenters. The van der Waals surface area contributed by atoms with Crippen molar-refractivity contribution < 1.29 is 9.59 Å². The Kier molecular flexibility index (Phi) is 4.45. The highest BCUT2D eigenvalue weighted by Crippen LogP contribution is 2.14. The summed E-state index contributed by atoms with van der Waals surface area (Å²) in [4.78, 5) is 24.8. The first-order chi connectivity index (χ1) is 7.07. The largest absolute Gasteiger partial charge is 0.345 e. The third-order valence-corrected chi connectivity index (χ3v) is 3.66. The van der Waals surface area contributed by atoms with E-state index in [9.17, 15) is 9.59 Å². The minimum absolute atomic E-state index is 0.0197. The van der Waals surface area contributed by atoms with E-state index in [2.05, 4.69) is 12.2 Å². The number of hydrogen-bond acceptors (Lipinski definition) is 3. The summed E-state index contributed by atoms with van der Waals surface area (Å²) >= 11 is 1.79. The standard InChI is InChI=1S/C10H18N2O2S/c1-4-15-6-7(2)12-8(3)10(14)11-5-9(12)13/h7-8H,4-6H2,1-3H3,(H,11,14). The van der Waals surface area contributed by atoms with Gasteiger partial charge in [-0.25, -0.2) is 0 Å². The summed E-state index contributed by atoms with van der Waals surface area (Å²) in [5.74, 6) is 1.89. The molecule has 1 rings (SSSR count). The Morgan fingerprint density at radius 2 is 2.27 bits per heavy atom. The first kappa shape index (κ1) is 12.4. The van der Waals surface area contributed by atoms with Gasteiger partial charge in [0.05, 0.1) is 6.54 Å². The summed E-state index contributed by atoms with van der Waals surface area (Å²) < 4.78 is 0. The summed E-state index contributed by atoms with van der Waals surface area (Å²) in [6.45, 7) is 6.00. The topological polar surface area (TPSA) is 49.4 Å². The maximum Gasteiger partial charge on any atom is 0.242 e. The van der Waals surface area contributed by atoms with Gasteiger partial charge in [0.2, 0.25) is 11.8 Å². The fourth-order valence-electron chi connectivity index (χ4n) is 1.74. The molecule has 4 nitrogen and oxygen atoms in total. The molecule has 0 saturated carbocycles. The number of nitrogens with one attached hydrogen (secondary N) is 1. The summed E-state index contributed by atoms with van der Waals surface area (Å²) in [5, 5.41) is 2.59. The van der Waals surface area contributed by atoms with Gasteiger partial charge >= 0.3 is 0 Å². The Morgan fingerprint density at radius 3 is 2.87 bits per heavy atom. The van der Waals surface area contributed by atoms with Gasteiger partial charge in [0.1, 0.15) is 6.04 Å². The van der Waals surface area contributed by atoms with Crippen molar-refractivity contribution >= 4 is 23.6 Å². The quantitative estimate of drug-likeness (QED) is 0.764. The van der Waals surface area contributed by atoms with Crippen LogP contribution < -0.4 is 5.32 Å². The minimum Gasteiger partial charge on any atom is -0.345 e. The SMILES string of the molecule is CCSCC(C)N1C(=O)CNC(=O)C1C. The Hall–Kier alpha value is -0.710. The van der Waals surface area contributed by atoms with Gasteiger partial charge in [-0.1, -0.05) is 6.92 Å². The minimum atomic E-state index is -0.335. The zero-order chi connectivity index (χ0) is 11.4. The predicted octanol–water partition coefficient (Wildman–Crippen LogP) is 0.475. The molecule has 0 spiro atoms. The summed E-state index contributed by atoms with van der Waals surface area (Å²) in [6, 6.07) is -0.206. The van der Waals surface area contributed by atoms with E-state index in [-0.39, 0.29) is 30.4 Å². The van der Waals surface area contributed by atoms with E-state index in [4.69, 9.17) is 0 Å². The van der Waals surface area contributed by atoms with E-state index < -0.39 is 0 Å². The molecule has 0 aromatic heterocycles. The number of carbonyl (C=O) groups is 2. The number of piperazine rings is 1. The number of nitrogens with zero attached hydrogens (tertiary/aromatic N) is 1. The van der Waals surface area contributed by atoms with Crippen molar-refractivity contribution in [3.8, 4) is 0 Å².